The second kappa shape index (κ2) is 26.6. The first kappa shape index (κ1) is 48.3. The summed E-state index contributed by atoms with van der Waals surface area (Å²) < 4.78 is 90.6. The Hall–Kier alpha value is -5.17. The van der Waals surface area contributed by atoms with Crippen LogP contribution in [-0.2, 0) is 39.5 Å². The zero-order chi connectivity index (χ0) is 44.8. The molecule has 0 unspecified atom stereocenters. The number of aryl methyl sites for hydroxylation is 2. The van der Waals surface area contributed by atoms with E-state index in [2.05, 4.69) is 21.3 Å². The van der Waals surface area contributed by atoms with Gasteiger partial charge in [-0.25, -0.2) is 17.6 Å². The van der Waals surface area contributed by atoms with Crippen LogP contribution < -0.4 is 21.3 Å². The highest BCUT2D eigenvalue weighted by Crippen LogP contribution is 2.33. The van der Waals surface area contributed by atoms with E-state index >= 15 is 8.78 Å². The van der Waals surface area contributed by atoms with E-state index < -0.39 is 8.25 Å². The Bertz CT molecular complexity index is 2120. The molecular weight excluding hydrogens is 844 g/mol. The molecule has 4 N–H and O–H groups in total. The van der Waals surface area contributed by atoms with Crippen LogP contribution in [0.3, 0.4) is 0 Å². The predicted octanol–water partition coefficient (Wildman–Crippen LogP) is 12.5. The number of hydrogen-bond acceptors (Lipinski definition) is 9. The number of benzene rings is 4. The average Bonchev–Trinajstić information content (AvgIpc) is 4.04. The third-order valence-electron chi connectivity index (χ3n) is 10.8. The van der Waals surface area contributed by atoms with Gasteiger partial charge in [0.05, 0.1) is 38.3 Å². The Morgan fingerprint density at radius 3 is 1.34 bits per heavy atom. The lowest BCUT2D eigenvalue weighted by atomic mass is 10.0. The minimum absolute atomic E-state index is 0.221. The fourth-order valence-electron chi connectivity index (χ4n) is 7.32. The standard InChI is InChI=1S/C50H59F4N4O5P/c51-43-15-11-37(12-16-43)9-3-1-5-23-57-49-31-47(53)41(29-45(49)39-19-27-60-35-39)33-55-21-7-25-62-64(59)63-26-8-22-56-34-42-30-46(40-20-28-61-36-40)50(32-48(42)54)58-24-6-2-4-10-38-13-17-44(52)18-14-38/h11-20,27-32,35-36,55-58,64H,1-10,21-26,33-34H2. The topological polar surface area (TPSA) is 110 Å². The lowest BCUT2D eigenvalue weighted by molar-refractivity contribution is 0.220. The summed E-state index contributed by atoms with van der Waals surface area (Å²) in [7, 11) is -2.69. The van der Waals surface area contributed by atoms with Gasteiger partial charge in [-0.1, -0.05) is 37.1 Å². The molecule has 0 saturated heterocycles. The Labute approximate surface area is 374 Å². The van der Waals surface area contributed by atoms with Crippen molar-refractivity contribution in [3.8, 4) is 22.3 Å². The van der Waals surface area contributed by atoms with Crippen molar-refractivity contribution in [2.24, 2.45) is 0 Å². The molecule has 0 atom stereocenters. The number of anilines is 2. The summed E-state index contributed by atoms with van der Waals surface area (Å²) in [6, 6.07) is 23.6. The van der Waals surface area contributed by atoms with Crippen molar-refractivity contribution >= 4 is 19.6 Å². The van der Waals surface area contributed by atoms with Crippen LogP contribution in [0.1, 0.15) is 73.6 Å². The molecular formula is C50H59F4N4O5P. The maximum Gasteiger partial charge on any atom is 0.319 e. The Balaban J connectivity index is 0.830. The first-order chi connectivity index (χ1) is 31.3. The molecule has 0 fully saturated rings. The third kappa shape index (κ3) is 16.1. The van der Waals surface area contributed by atoms with E-state index in [1.54, 1.807) is 25.1 Å². The number of unbranched alkanes of at least 4 members (excludes halogenated alkanes) is 4. The van der Waals surface area contributed by atoms with Gasteiger partial charge in [-0.15, -0.1) is 0 Å². The molecule has 0 amide bonds. The van der Waals surface area contributed by atoms with E-state index in [0.29, 0.717) is 74.6 Å². The highest BCUT2D eigenvalue weighted by atomic mass is 31.1. The Morgan fingerprint density at radius 1 is 0.500 bits per heavy atom. The normalized spacial score (nSPS) is 11.5. The maximum absolute atomic E-state index is 15.3. The predicted molar refractivity (Wildman–Crippen MR) is 247 cm³/mol. The largest absolute Gasteiger partial charge is 0.472 e. The van der Waals surface area contributed by atoms with E-state index in [-0.39, 0.29) is 36.5 Å². The smallest absolute Gasteiger partial charge is 0.319 e. The first-order valence-corrected chi connectivity index (χ1v) is 23.4. The van der Waals surface area contributed by atoms with Crippen molar-refractivity contribution in [2.45, 2.75) is 77.3 Å². The van der Waals surface area contributed by atoms with Gasteiger partial charge in [-0.2, -0.15) is 0 Å². The third-order valence-corrected chi connectivity index (χ3v) is 11.7. The molecule has 2 aromatic heterocycles. The van der Waals surface area contributed by atoms with Gasteiger partial charge in [0.1, 0.15) is 23.3 Å². The van der Waals surface area contributed by atoms with E-state index in [9.17, 15) is 13.3 Å². The summed E-state index contributed by atoms with van der Waals surface area (Å²) in [5.74, 6) is -1.10. The molecule has 0 saturated carbocycles. The molecule has 2 heterocycles. The number of nitrogens with one attached hydrogen (secondary N) is 4. The van der Waals surface area contributed by atoms with Crippen LogP contribution in [0.2, 0.25) is 0 Å². The van der Waals surface area contributed by atoms with Gasteiger partial charge in [0.25, 0.3) is 0 Å². The molecule has 0 aliphatic heterocycles. The molecule has 342 valence electrons. The zero-order valence-corrected chi connectivity index (χ0v) is 37.2. The highest BCUT2D eigenvalue weighted by Gasteiger charge is 2.15. The summed E-state index contributed by atoms with van der Waals surface area (Å²) in [6.45, 7) is 3.46. The molecule has 0 radical (unpaired) electrons. The van der Waals surface area contributed by atoms with Gasteiger partial charge >= 0.3 is 8.25 Å². The SMILES string of the molecule is O=[PH](OCCCNCc1cc(-c2ccoc2)c(NCCCCCc2ccc(F)cc2)cc1F)OCCCNCc1cc(-c2ccoc2)c(NCCCCCc2ccc(F)cc2)cc1F. The Kier molecular flexibility index (Phi) is 20.1. The lowest BCUT2D eigenvalue weighted by Crippen LogP contribution is -2.17. The van der Waals surface area contributed by atoms with Gasteiger partial charge in [0, 0.05) is 70.9 Å². The monoisotopic (exact) mass is 902 g/mol. The quantitative estimate of drug-likeness (QED) is 0.0200. The van der Waals surface area contributed by atoms with E-state index in [0.717, 1.165) is 84.7 Å². The number of rotatable bonds is 30. The van der Waals surface area contributed by atoms with E-state index in [4.69, 9.17) is 17.9 Å². The molecule has 0 spiro atoms. The second-order valence-electron chi connectivity index (χ2n) is 15.7. The number of furan rings is 2. The molecule has 9 nitrogen and oxygen atoms in total. The average molecular weight is 903 g/mol. The summed E-state index contributed by atoms with van der Waals surface area (Å²) in [5, 5.41) is 13.3. The minimum Gasteiger partial charge on any atom is -0.472 e. The van der Waals surface area contributed by atoms with Gasteiger partial charge in [0.2, 0.25) is 0 Å². The second-order valence-corrected chi connectivity index (χ2v) is 16.8. The van der Waals surface area contributed by atoms with Gasteiger partial charge in [-0.3, -0.25) is 4.57 Å². The fraction of sp³-hybridized carbons (Fsp3) is 0.360. The van der Waals surface area contributed by atoms with Crippen molar-refractivity contribution < 1.29 is 40.0 Å². The van der Waals surface area contributed by atoms with Crippen LogP contribution in [-0.4, -0.2) is 39.4 Å². The van der Waals surface area contributed by atoms with Crippen LogP contribution in [0.5, 0.6) is 0 Å². The maximum atomic E-state index is 15.3. The molecule has 4 aromatic carbocycles. The molecule has 14 heteroatoms. The summed E-state index contributed by atoms with van der Waals surface area (Å²) in [6.07, 6.45) is 15.1. The van der Waals surface area contributed by atoms with E-state index in [1.807, 2.05) is 48.5 Å². The summed E-state index contributed by atoms with van der Waals surface area (Å²) in [5.41, 5.74) is 8.04. The van der Waals surface area contributed by atoms with Gasteiger partial charge in [0.15, 0.2) is 0 Å². The van der Waals surface area contributed by atoms with Crippen LogP contribution in [0.15, 0.2) is 119 Å². The fourth-order valence-corrected chi connectivity index (χ4v) is 8.02. The minimum atomic E-state index is -2.69. The zero-order valence-electron chi connectivity index (χ0n) is 36.2. The van der Waals surface area contributed by atoms with E-state index in [1.165, 1.54) is 36.4 Å². The van der Waals surface area contributed by atoms with Crippen molar-refractivity contribution in [1.82, 2.24) is 10.6 Å². The van der Waals surface area contributed by atoms with Crippen molar-refractivity contribution in [2.75, 3.05) is 50.0 Å². The molecule has 0 aliphatic carbocycles. The molecule has 64 heavy (non-hydrogen) atoms. The van der Waals surface area contributed by atoms with Crippen LogP contribution in [0, 0.1) is 23.3 Å². The van der Waals surface area contributed by atoms with Crippen LogP contribution in [0.4, 0.5) is 28.9 Å². The molecule has 0 bridgehead atoms. The molecule has 6 aromatic rings. The van der Waals surface area contributed by atoms with Gasteiger partial charge < -0.3 is 39.1 Å². The summed E-state index contributed by atoms with van der Waals surface area (Å²) in [4.78, 5) is 0. The van der Waals surface area contributed by atoms with Crippen molar-refractivity contribution in [3.05, 3.63) is 156 Å². The number of halogens is 4. The summed E-state index contributed by atoms with van der Waals surface area (Å²) >= 11 is 0. The van der Waals surface area contributed by atoms with Gasteiger partial charge in [-0.05, 0) is 136 Å². The van der Waals surface area contributed by atoms with Crippen molar-refractivity contribution in [3.63, 3.8) is 0 Å². The first-order valence-electron chi connectivity index (χ1n) is 22.2. The van der Waals surface area contributed by atoms with Crippen LogP contribution in [0.25, 0.3) is 22.3 Å². The molecule has 6 rings (SSSR count). The lowest BCUT2D eigenvalue weighted by Gasteiger charge is -2.15. The number of hydrogen-bond donors (Lipinski definition) is 4. The highest BCUT2D eigenvalue weighted by molar-refractivity contribution is 7.33. The van der Waals surface area contributed by atoms with Crippen molar-refractivity contribution in [1.29, 1.82) is 0 Å². The molecule has 0 aliphatic rings. The Morgan fingerprint density at radius 2 is 0.938 bits per heavy atom. The van der Waals surface area contributed by atoms with Crippen LogP contribution >= 0.6 is 8.25 Å².